The number of amides is 2. The van der Waals surface area contributed by atoms with Crippen LogP contribution in [0.3, 0.4) is 0 Å². The van der Waals surface area contributed by atoms with Gasteiger partial charge in [-0.15, -0.1) is 0 Å². The number of ether oxygens (including phenoxy) is 1. The molecule has 1 N–H and O–H groups in total. The first kappa shape index (κ1) is 21.4. The minimum atomic E-state index is -0.412. The molecule has 5 heteroatoms. The van der Waals surface area contributed by atoms with Crippen LogP contribution in [0.1, 0.15) is 72.9 Å². The van der Waals surface area contributed by atoms with Gasteiger partial charge in [-0.05, 0) is 48.6 Å². The maximum atomic E-state index is 13.7. The van der Waals surface area contributed by atoms with E-state index in [9.17, 15) is 9.59 Å². The van der Waals surface area contributed by atoms with E-state index in [-0.39, 0.29) is 17.7 Å². The van der Waals surface area contributed by atoms with E-state index in [4.69, 9.17) is 4.74 Å². The highest BCUT2D eigenvalue weighted by Gasteiger charge is 2.55. The number of carbonyl (C=O) groups is 2. The number of hydrogen-bond acceptors (Lipinski definition) is 3. The molecule has 164 valence electrons. The highest BCUT2D eigenvalue weighted by Crippen LogP contribution is 2.50. The lowest BCUT2D eigenvalue weighted by Crippen LogP contribution is -2.60. The summed E-state index contributed by atoms with van der Waals surface area (Å²) in [4.78, 5) is 29.2. The summed E-state index contributed by atoms with van der Waals surface area (Å²) in [5.74, 6) is 0.564. The van der Waals surface area contributed by atoms with Gasteiger partial charge in [-0.3, -0.25) is 9.59 Å². The van der Waals surface area contributed by atoms with Gasteiger partial charge in [-0.2, -0.15) is 0 Å². The number of rotatable bonds is 7. The fourth-order valence-corrected chi connectivity index (χ4v) is 5.34. The van der Waals surface area contributed by atoms with Gasteiger partial charge >= 0.3 is 0 Å². The molecule has 1 heterocycles. The Morgan fingerprint density at radius 1 is 1.13 bits per heavy atom. The molecular formula is C26H32N2O3. The Labute approximate surface area is 184 Å². The minimum absolute atomic E-state index is 0.0131. The standard InChI is InChI=1S/C26H32N2O3/c1-3-4-17-28-25(30)22-10-6-5-9-21(22)23(26(28)15-7-8-16-26)24(29)27-18-19-11-13-20(31-2)14-12-19/h5-6,9-14,23H,3-4,7-8,15-18H2,1-2H3,(H,27,29)/t23-/m1/s1. The van der Waals surface area contributed by atoms with Crippen LogP contribution in [0.4, 0.5) is 0 Å². The van der Waals surface area contributed by atoms with Crippen molar-refractivity contribution in [1.29, 1.82) is 0 Å². The van der Waals surface area contributed by atoms with Crippen molar-refractivity contribution in [2.45, 2.75) is 63.5 Å². The summed E-state index contributed by atoms with van der Waals surface area (Å²) in [6, 6.07) is 15.4. The minimum Gasteiger partial charge on any atom is -0.497 e. The van der Waals surface area contributed by atoms with Gasteiger partial charge in [-0.25, -0.2) is 0 Å². The van der Waals surface area contributed by atoms with Gasteiger partial charge < -0.3 is 15.0 Å². The smallest absolute Gasteiger partial charge is 0.254 e. The summed E-state index contributed by atoms with van der Waals surface area (Å²) in [6.45, 7) is 3.31. The van der Waals surface area contributed by atoms with Crippen molar-refractivity contribution < 1.29 is 14.3 Å². The Morgan fingerprint density at radius 3 is 2.52 bits per heavy atom. The Morgan fingerprint density at radius 2 is 1.84 bits per heavy atom. The molecule has 0 aromatic heterocycles. The van der Waals surface area contributed by atoms with Crippen molar-refractivity contribution in [1.82, 2.24) is 10.2 Å². The monoisotopic (exact) mass is 420 g/mol. The van der Waals surface area contributed by atoms with Crippen LogP contribution in [0.2, 0.25) is 0 Å². The third kappa shape index (κ3) is 3.93. The second-order valence-electron chi connectivity index (χ2n) is 8.71. The van der Waals surface area contributed by atoms with Gasteiger partial charge in [0.1, 0.15) is 5.75 Å². The van der Waals surface area contributed by atoms with Gasteiger partial charge in [0.25, 0.3) is 5.91 Å². The zero-order valence-electron chi connectivity index (χ0n) is 18.5. The van der Waals surface area contributed by atoms with Crippen LogP contribution in [0.15, 0.2) is 48.5 Å². The van der Waals surface area contributed by atoms with E-state index in [0.717, 1.165) is 55.4 Å². The van der Waals surface area contributed by atoms with Crippen molar-refractivity contribution in [3.8, 4) is 5.75 Å². The Balaban J connectivity index is 1.66. The summed E-state index contributed by atoms with van der Waals surface area (Å²) < 4.78 is 5.22. The molecule has 0 radical (unpaired) electrons. The largest absolute Gasteiger partial charge is 0.497 e. The van der Waals surface area contributed by atoms with E-state index in [1.807, 2.05) is 53.4 Å². The molecule has 2 aromatic rings. The van der Waals surface area contributed by atoms with Gasteiger partial charge in [-0.1, -0.05) is 56.5 Å². The molecule has 5 nitrogen and oxygen atoms in total. The van der Waals surface area contributed by atoms with E-state index in [0.29, 0.717) is 18.7 Å². The predicted octanol–water partition coefficient (Wildman–Crippen LogP) is 4.66. The molecule has 2 aliphatic rings. The molecule has 0 saturated heterocycles. The second-order valence-corrected chi connectivity index (χ2v) is 8.71. The summed E-state index contributed by atoms with van der Waals surface area (Å²) in [5, 5.41) is 3.17. The number of fused-ring (bicyclic) bond motifs is 1. The Hall–Kier alpha value is -2.82. The quantitative estimate of drug-likeness (QED) is 0.708. The fourth-order valence-electron chi connectivity index (χ4n) is 5.34. The van der Waals surface area contributed by atoms with Crippen LogP contribution in [0.25, 0.3) is 0 Å². The van der Waals surface area contributed by atoms with Gasteiger partial charge in [0.05, 0.1) is 18.6 Å². The number of unbranched alkanes of at least 4 members (excludes halogenated alkanes) is 1. The normalized spacial score (nSPS) is 19.4. The number of hydrogen-bond donors (Lipinski definition) is 1. The first-order valence-corrected chi connectivity index (χ1v) is 11.4. The van der Waals surface area contributed by atoms with E-state index in [1.165, 1.54) is 0 Å². The number of methoxy groups -OCH3 is 1. The van der Waals surface area contributed by atoms with E-state index >= 15 is 0 Å². The molecule has 4 rings (SSSR count). The van der Waals surface area contributed by atoms with Crippen LogP contribution >= 0.6 is 0 Å². The predicted molar refractivity (Wildman–Crippen MR) is 121 cm³/mol. The molecule has 1 aliphatic carbocycles. The number of benzene rings is 2. The SMILES string of the molecule is CCCCN1C(=O)c2ccccc2[C@H](C(=O)NCc2ccc(OC)cc2)C12CCCC2. The average Bonchev–Trinajstić information content (AvgIpc) is 3.28. The van der Waals surface area contributed by atoms with Crippen molar-refractivity contribution in [3.63, 3.8) is 0 Å². The van der Waals surface area contributed by atoms with Gasteiger partial charge in [0.15, 0.2) is 0 Å². The molecule has 0 bridgehead atoms. The molecule has 2 aromatic carbocycles. The molecule has 1 spiro atoms. The topological polar surface area (TPSA) is 58.6 Å². The van der Waals surface area contributed by atoms with Crippen LogP contribution in [0, 0.1) is 0 Å². The summed E-state index contributed by atoms with van der Waals surface area (Å²) in [7, 11) is 1.64. The number of nitrogens with one attached hydrogen (secondary N) is 1. The molecule has 1 aliphatic heterocycles. The molecule has 31 heavy (non-hydrogen) atoms. The lowest BCUT2D eigenvalue weighted by molar-refractivity contribution is -0.126. The molecule has 2 amide bonds. The summed E-state index contributed by atoms with van der Waals surface area (Å²) in [5.41, 5.74) is 2.18. The van der Waals surface area contributed by atoms with E-state index in [2.05, 4.69) is 12.2 Å². The van der Waals surface area contributed by atoms with Crippen molar-refractivity contribution >= 4 is 11.8 Å². The summed E-state index contributed by atoms with van der Waals surface area (Å²) in [6.07, 6.45) is 5.86. The van der Waals surface area contributed by atoms with Crippen LogP contribution in [-0.4, -0.2) is 35.9 Å². The highest BCUT2D eigenvalue weighted by molar-refractivity contribution is 6.02. The third-order valence-corrected chi connectivity index (χ3v) is 6.91. The van der Waals surface area contributed by atoms with E-state index < -0.39 is 5.54 Å². The Kier molecular flexibility index (Phi) is 6.30. The Bertz CT molecular complexity index is 932. The maximum absolute atomic E-state index is 13.7. The van der Waals surface area contributed by atoms with Crippen molar-refractivity contribution in [2.75, 3.05) is 13.7 Å². The highest BCUT2D eigenvalue weighted by atomic mass is 16.5. The first-order valence-electron chi connectivity index (χ1n) is 11.4. The van der Waals surface area contributed by atoms with Crippen LogP contribution in [0.5, 0.6) is 5.75 Å². The summed E-state index contributed by atoms with van der Waals surface area (Å²) >= 11 is 0. The van der Waals surface area contributed by atoms with Crippen LogP contribution < -0.4 is 10.1 Å². The lowest BCUT2D eigenvalue weighted by atomic mass is 9.71. The fraction of sp³-hybridized carbons (Fsp3) is 0.462. The van der Waals surface area contributed by atoms with Gasteiger partial charge in [0, 0.05) is 18.7 Å². The number of carbonyl (C=O) groups excluding carboxylic acids is 2. The van der Waals surface area contributed by atoms with Crippen LogP contribution in [-0.2, 0) is 11.3 Å². The van der Waals surface area contributed by atoms with Gasteiger partial charge in [0.2, 0.25) is 5.91 Å². The first-order chi connectivity index (χ1) is 15.1. The molecule has 1 atom stereocenters. The van der Waals surface area contributed by atoms with Crippen molar-refractivity contribution in [2.24, 2.45) is 0 Å². The third-order valence-electron chi connectivity index (χ3n) is 6.91. The molecule has 0 unspecified atom stereocenters. The lowest BCUT2D eigenvalue weighted by Gasteiger charge is -2.50. The van der Waals surface area contributed by atoms with Crippen molar-refractivity contribution in [3.05, 3.63) is 65.2 Å². The number of nitrogens with zero attached hydrogens (tertiary/aromatic N) is 1. The molecule has 1 fully saturated rings. The zero-order chi connectivity index (χ0) is 21.8. The molecular weight excluding hydrogens is 388 g/mol. The molecule has 1 saturated carbocycles. The second kappa shape index (κ2) is 9.13. The van der Waals surface area contributed by atoms with E-state index in [1.54, 1.807) is 7.11 Å². The maximum Gasteiger partial charge on any atom is 0.254 e. The zero-order valence-corrected chi connectivity index (χ0v) is 18.5. The average molecular weight is 421 g/mol.